The molecule has 0 unspecified atom stereocenters. The Morgan fingerprint density at radius 1 is 0.667 bits per heavy atom. The number of rotatable bonds is 1. The minimum Gasteiger partial charge on any atom is -0.457 e. The van der Waals surface area contributed by atoms with Crippen molar-refractivity contribution in [3.63, 3.8) is 0 Å². The summed E-state index contributed by atoms with van der Waals surface area (Å²) in [6.07, 6.45) is 1.04. The lowest BCUT2D eigenvalue weighted by atomic mass is 9.94. The molecule has 0 atom stereocenters. The van der Waals surface area contributed by atoms with Gasteiger partial charge < -0.3 is 4.42 Å². The molecule has 0 amide bonds. The van der Waals surface area contributed by atoms with Crippen molar-refractivity contribution in [3.8, 4) is 22.3 Å². The van der Waals surface area contributed by atoms with E-state index < -0.39 is 0 Å². The maximum Gasteiger partial charge on any atom is 0.144 e. The first kappa shape index (κ1) is 14.9. The zero-order chi connectivity index (χ0) is 18.0. The lowest BCUT2D eigenvalue weighted by molar-refractivity contribution is 0.671. The lowest BCUT2D eigenvalue weighted by Crippen LogP contribution is -2.00. The molecule has 0 spiro atoms. The maximum absolute atomic E-state index is 6.19. The van der Waals surface area contributed by atoms with Crippen LogP contribution in [0.1, 0.15) is 11.1 Å². The Hall–Kier alpha value is -3.26. The molecule has 27 heavy (non-hydrogen) atoms. The molecule has 1 nitrogen and oxygen atoms in total. The molecule has 0 saturated carbocycles. The van der Waals surface area contributed by atoms with Crippen LogP contribution in [0.2, 0.25) is 0 Å². The van der Waals surface area contributed by atoms with Crippen molar-refractivity contribution >= 4 is 35.2 Å². The van der Waals surface area contributed by atoms with E-state index in [-0.39, 0.29) is 0 Å². The highest BCUT2D eigenvalue weighted by Crippen LogP contribution is 2.39. The van der Waals surface area contributed by atoms with Crippen LogP contribution in [-0.2, 0) is 6.42 Å². The van der Waals surface area contributed by atoms with E-state index in [1.54, 1.807) is 0 Å². The van der Waals surface area contributed by atoms with Crippen molar-refractivity contribution in [1.82, 2.24) is 0 Å². The van der Waals surface area contributed by atoms with Crippen LogP contribution >= 0.6 is 0 Å². The summed E-state index contributed by atoms with van der Waals surface area (Å²) in [5.74, 6) is 0. The second-order valence-electron chi connectivity index (χ2n) is 7.47. The van der Waals surface area contributed by atoms with Crippen molar-refractivity contribution in [3.05, 3.63) is 90.0 Å². The standard InChI is InChI=1S/C25H17BO/c26-23-7-3-6-21-20-11-10-16(14-24(20)27-25(21)23)15-8-9-18-12-17-4-1-2-5-19(17)22(18)13-15/h1-11,13-14H,12,26H2. The van der Waals surface area contributed by atoms with Crippen LogP contribution in [0.25, 0.3) is 44.2 Å². The Balaban J connectivity index is 1.53. The van der Waals surface area contributed by atoms with E-state index in [1.807, 2.05) is 0 Å². The molecule has 1 aromatic heterocycles. The zero-order valence-corrected chi connectivity index (χ0v) is 15.1. The third kappa shape index (κ3) is 2.13. The highest BCUT2D eigenvalue weighted by molar-refractivity contribution is 6.39. The lowest BCUT2D eigenvalue weighted by Gasteiger charge is -2.06. The largest absolute Gasteiger partial charge is 0.457 e. The fourth-order valence-corrected chi connectivity index (χ4v) is 4.42. The second-order valence-corrected chi connectivity index (χ2v) is 7.47. The van der Waals surface area contributed by atoms with Crippen LogP contribution in [-0.4, -0.2) is 7.85 Å². The van der Waals surface area contributed by atoms with Gasteiger partial charge in [-0.2, -0.15) is 0 Å². The van der Waals surface area contributed by atoms with E-state index in [0.29, 0.717) is 0 Å². The van der Waals surface area contributed by atoms with Gasteiger partial charge in [-0.25, -0.2) is 0 Å². The van der Waals surface area contributed by atoms with Gasteiger partial charge in [-0.3, -0.25) is 0 Å². The smallest absolute Gasteiger partial charge is 0.144 e. The molecule has 1 aliphatic carbocycles. The van der Waals surface area contributed by atoms with Crippen molar-refractivity contribution in [2.24, 2.45) is 0 Å². The molecular formula is C25H17BO. The van der Waals surface area contributed by atoms with Crippen molar-refractivity contribution in [1.29, 1.82) is 0 Å². The fourth-order valence-electron chi connectivity index (χ4n) is 4.42. The Kier molecular flexibility index (Phi) is 2.96. The average Bonchev–Trinajstić information content (AvgIpc) is 3.26. The van der Waals surface area contributed by atoms with Gasteiger partial charge in [0.25, 0.3) is 0 Å². The molecule has 0 saturated heterocycles. The number of fused-ring (bicyclic) bond motifs is 6. The molecule has 0 bridgehead atoms. The third-order valence-corrected chi connectivity index (χ3v) is 5.83. The minimum atomic E-state index is 0.956. The van der Waals surface area contributed by atoms with Gasteiger partial charge in [0.15, 0.2) is 0 Å². The van der Waals surface area contributed by atoms with Gasteiger partial charge in [-0.05, 0) is 63.5 Å². The first-order valence-electron chi connectivity index (χ1n) is 9.41. The number of para-hydroxylation sites is 1. The van der Waals surface area contributed by atoms with Gasteiger partial charge in [0.05, 0.1) is 0 Å². The predicted molar refractivity (Wildman–Crippen MR) is 116 cm³/mol. The third-order valence-electron chi connectivity index (χ3n) is 5.83. The summed E-state index contributed by atoms with van der Waals surface area (Å²) < 4.78 is 6.19. The molecule has 0 radical (unpaired) electrons. The predicted octanol–water partition coefficient (Wildman–Crippen LogP) is 5.08. The van der Waals surface area contributed by atoms with Crippen molar-refractivity contribution in [2.75, 3.05) is 0 Å². The Labute approximate surface area is 158 Å². The summed E-state index contributed by atoms with van der Waals surface area (Å²) >= 11 is 0. The van der Waals surface area contributed by atoms with Crippen LogP contribution in [0.5, 0.6) is 0 Å². The second kappa shape index (κ2) is 5.37. The maximum atomic E-state index is 6.19. The summed E-state index contributed by atoms with van der Waals surface area (Å²) in [6, 6.07) is 28.5. The van der Waals surface area contributed by atoms with Crippen molar-refractivity contribution < 1.29 is 4.42 Å². The first-order chi connectivity index (χ1) is 13.3. The van der Waals surface area contributed by atoms with Gasteiger partial charge in [-0.1, -0.05) is 60.7 Å². The van der Waals surface area contributed by atoms with Crippen LogP contribution in [0.3, 0.4) is 0 Å². The molecule has 0 fully saturated rings. The first-order valence-corrected chi connectivity index (χ1v) is 9.41. The van der Waals surface area contributed by atoms with E-state index in [1.165, 1.54) is 49.6 Å². The highest BCUT2D eigenvalue weighted by Gasteiger charge is 2.18. The van der Waals surface area contributed by atoms with Crippen LogP contribution in [0.15, 0.2) is 83.3 Å². The van der Waals surface area contributed by atoms with Gasteiger partial charge in [0, 0.05) is 10.8 Å². The summed E-state index contributed by atoms with van der Waals surface area (Å²) in [5.41, 5.74) is 11.1. The van der Waals surface area contributed by atoms with Gasteiger partial charge in [0.2, 0.25) is 0 Å². The molecule has 4 aromatic carbocycles. The Bertz CT molecular complexity index is 1360. The molecule has 2 heteroatoms. The van der Waals surface area contributed by atoms with E-state index in [9.17, 15) is 0 Å². The molecule has 126 valence electrons. The molecule has 1 aliphatic rings. The Morgan fingerprint density at radius 3 is 2.44 bits per heavy atom. The van der Waals surface area contributed by atoms with Crippen LogP contribution < -0.4 is 5.46 Å². The quantitative estimate of drug-likeness (QED) is 0.379. The van der Waals surface area contributed by atoms with E-state index >= 15 is 0 Å². The van der Waals surface area contributed by atoms with Crippen molar-refractivity contribution in [2.45, 2.75) is 6.42 Å². The fraction of sp³-hybridized carbons (Fsp3) is 0.0400. The summed E-state index contributed by atoms with van der Waals surface area (Å²) in [6.45, 7) is 0. The molecule has 0 N–H and O–H groups in total. The monoisotopic (exact) mass is 344 g/mol. The minimum absolute atomic E-state index is 0.956. The molecule has 1 heterocycles. The molecule has 5 aromatic rings. The van der Waals surface area contributed by atoms with Gasteiger partial charge >= 0.3 is 0 Å². The topological polar surface area (TPSA) is 13.1 Å². The Morgan fingerprint density at radius 2 is 1.48 bits per heavy atom. The average molecular weight is 344 g/mol. The SMILES string of the molecule is Bc1cccc2c1oc1cc(-c3ccc4c(c3)-c3ccccc3C4)ccc12. The summed E-state index contributed by atoms with van der Waals surface area (Å²) in [7, 11) is 2.10. The highest BCUT2D eigenvalue weighted by atomic mass is 16.3. The summed E-state index contributed by atoms with van der Waals surface area (Å²) in [5, 5.41) is 2.38. The van der Waals surface area contributed by atoms with E-state index in [4.69, 9.17) is 4.42 Å². The number of furan rings is 1. The number of benzene rings is 4. The van der Waals surface area contributed by atoms with Crippen LogP contribution in [0, 0.1) is 0 Å². The van der Waals surface area contributed by atoms with Crippen LogP contribution in [0.4, 0.5) is 0 Å². The molecule has 6 rings (SSSR count). The number of hydrogen-bond donors (Lipinski definition) is 0. The molecule has 0 aliphatic heterocycles. The normalized spacial score (nSPS) is 12.4. The summed E-state index contributed by atoms with van der Waals surface area (Å²) in [4.78, 5) is 0. The number of hydrogen-bond acceptors (Lipinski definition) is 1. The van der Waals surface area contributed by atoms with E-state index in [0.717, 1.165) is 17.6 Å². The van der Waals surface area contributed by atoms with Gasteiger partial charge in [0.1, 0.15) is 19.0 Å². The van der Waals surface area contributed by atoms with E-state index in [2.05, 4.69) is 86.7 Å². The zero-order valence-electron chi connectivity index (χ0n) is 15.1. The molecular weight excluding hydrogens is 327 g/mol. The van der Waals surface area contributed by atoms with Gasteiger partial charge in [-0.15, -0.1) is 0 Å².